The van der Waals surface area contributed by atoms with E-state index in [0.717, 1.165) is 0 Å². The molecule has 2 rings (SSSR count). The number of imidazole rings is 1. The van der Waals surface area contributed by atoms with Gasteiger partial charge >= 0.3 is 6.03 Å². The molecule has 0 unspecified atom stereocenters. The molecular weight excluding hydrogens is 339 g/mol. The average molecular weight is 350 g/mol. The number of halogens is 3. The minimum atomic E-state index is -0.401. The standard InChI is InChI=1S/C12H11Cl3N4O2/c13-7-5-8(14)10(9(15)6-7)21-4-3-18-12(20)19-11-16-1-2-17-11/h1-2,5-6H,3-4H2,(H3,16,17,18,19,20). The molecule has 0 atom stereocenters. The van der Waals surface area contributed by atoms with Crippen LogP contribution in [0.5, 0.6) is 5.75 Å². The highest BCUT2D eigenvalue weighted by molar-refractivity contribution is 6.40. The molecule has 21 heavy (non-hydrogen) atoms. The first-order chi connectivity index (χ1) is 10.1. The third kappa shape index (κ3) is 4.70. The Labute approximate surface area is 135 Å². The molecule has 0 aliphatic heterocycles. The van der Waals surface area contributed by atoms with Gasteiger partial charge in [-0.2, -0.15) is 0 Å². The van der Waals surface area contributed by atoms with Crippen LogP contribution in [0.15, 0.2) is 24.5 Å². The molecule has 0 saturated carbocycles. The van der Waals surface area contributed by atoms with Crippen LogP contribution in [0.3, 0.4) is 0 Å². The van der Waals surface area contributed by atoms with E-state index in [9.17, 15) is 4.79 Å². The Hall–Kier alpha value is -1.63. The molecule has 0 radical (unpaired) electrons. The van der Waals surface area contributed by atoms with Crippen molar-refractivity contribution in [2.24, 2.45) is 0 Å². The van der Waals surface area contributed by atoms with Crippen molar-refractivity contribution in [2.45, 2.75) is 0 Å². The number of nitrogens with one attached hydrogen (secondary N) is 3. The number of amides is 2. The number of benzene rings is 1. The van der Waals surface area contributed by atoms with Gasteiger partial charge in [-0.25, -0.2) is 9.78 Å². The smallest absolute Gasteiger partial charge is 0.321 e. The van der Waals surface area contributed by atoms with Crippen molar-refractivity contribution in [3.05, 3.63) is 39.6 Å². The Kier molecular flexibility index (Phi) is 5.55. The quantitative estimate of drug-likeness (QED) is 0.722. The first-order valence-electron chi connectivity index (χ1n) is 5.88. The zero-order valence-electron chi connectivity index (χ0n) is 10.6. The number of hydrogen-bond acceptors (Lipinski definition) is 3. The minimum absolute atomic E-state index is 0.201. The molecule has 1 heterocycles. The number of rotatable bonds is 5. The van der Waals surface area contributed by atoms with Crippen molar-refractivity contribution < 1.29 is 9.53 Å². The number of nitrogens with zero attached hydrogens (tertiary/aromatic N) is 1. The summed E-state index contributed by atoms with van der Waals surface area (Å²) in [4.78, 5) is 18.1. The number of carbonyl (C=O) groups excluding carboxylic acids is 1. The van der Waals surface area contributed by atoms with E-state index in [4.69, 9.17) is 39.5 Å². The second-order valence-corrected chi connectivity index (χ2v) is 5.12. The van der Waals surface area contributed by atoms with E-state index < -0.39 is 6.03 Å². The molecule has 2 amide bonds. The second kappa shape index (κ2) is 7.40. The van der Waals surface area contributed by atoms with E-state index in [-0.39, 0.29) is 13.2 Å². The number of aromatic amines is 1. The zero-order chi connectivity index (χ0) is 15.2. The fraction of sp³-hybridized carbons (Fsp3) is 0.167. The van der Waals surface area contributed by atoms with Gasteiger partial charge < -0.3 is 15.0 Å². The molecule has 3 N–H and O–H groups in total. The van der Waals surface area contributed by atoms with Gasteiger partial charge in [0.2, 0.25) is 5.95 Å². The summed E-state index contributed by atoms with van der Waals surface area (Å²) in [6.45, 7) is 0.467. The van der Waals surface area contributed by atoms with Crippen LogP contribution in [-0.2, 0) is 0 Å². The summed E-state index contributed by atoms with van der Waals surface area (Å²) in [5.74, 6) is 0.688. The Morgan fingerprint density at radius 2 is 2.00 bits per heavy atom. The molecule has 1 aromatic carbocycles. The van der Waals surface area contributed by atoms with Gasteiger partial charge in [-0.15, -0.1) is 0 Å². The van der Waals surface area contributed by atoms with Gasteiger partial charge in [-0.3, -0.25) is 5.32 Å². The van der Waals surface area contributed by atoms with E-state index in [0.29, 0.717) is 26.8 Å². The van der Waals surface area contributed by atoms with Crippen LogP contribution < -0.4 is 15.4 Å². The third-order valence-electron chi connectivity index (χ3n) is 2.33. The van der Waals surface area contributed by atoms with Gasteiger partial charge in [0, 0.05) is 17.4 Å². The van der Waals surface area contributed by atoms with Crippen molar-refractivity contribution in [3.8, 4) is 5.75 Å². The molecule has 0 fully saturated rings. The number of ether oxygens (including phenoxy) is 1. The monoisotopic (exact) mass is 348 g/mol. The first-order valence-corrected chi connectivity index (χ1v) is 7.01. The molecule has 0 aliphatic rings. The van der Waals surface area contributed by atoms with Crippen molar-refractivity contribution in [1.29, 1.82) is 0 Å². The van der Waals surface area contributed by atoms with Gasteiger partial charge in [0.1, 0.15) is 6.61 Å². The van der Waals surface area contributed by atoms with Crippen molar-refractivity contribution in [2.75, 3.05) is 18.5 Å². The lowest BCUT2D eigenvalue weighted by molar-refractivity contribution is 0.247. The van der Waals surface area contributed by atoms with Gasteiger partial charge in [0.05, 0.1) is 16.6 Å². The van der Waals surface area contributed by atoms with Crippen LogP contribution in [0.1, 0.15) is 0 Å². The van der Waals surface area contributed by atoms with Crippen LogP contribution in [-0.4, -0.2) is 29.2 Å². The van der Waals surface area contributed by atoms with Crippen molar-refractivity contribution in [3.63, 3.8) is 0 Å². The topological polar surface area (TPSA) is 79.0 Å². The first kappa shape index (κ1) is 15.8. The fourth-order valence-electron chi connectivity index (χ4n) is 1.47. The summed E-state index contributed by atoms with van der Waals surface area (Å²) >= 11 is 17.7. The second-order valence-electron chi connectivity index (χ2n) is 3.87. The molecule has 0 spiro atoms. The molecule has 6 nitrogen and oxygen atoms in total. The average Bonchev–Trinajstić information content (AvgIpc) is 2.89. The maximum atomic E-state index is 11.5. The number of anilines is 1. The predicted molar refractivity (Wildman–Crippen MR) is 82.6 cm³/mol. The number of hydrogen-bond donors (Lipinski definition) is 3. The zero-order valence-corrected chi connectivity index (χ0v) is 12.9. The van der Waals surface area contributed by atoms with Gasteiger partial charge in [0.15, 0.2) is 5.75 Å². The molecule has 0 saturated heterocycles. The van der Waals surface area contributed by atoms with Crippen LogP contribution in [0.25, 0.3) is 0 Å². The van der Waals surface area contributed by atoms with E-state index in [1.807, 2.05) is 0 Å². The Morgan fingerprint density at radius 1 is 1.29 bits per heavy atom. The predicted octanol–water partition coefficient (Wildman–Crippen LogP) is 3.57. The van der Waals surface area contributed by atoms with Crippen molar-refractivity contribution in [1.82, 2.24) is 15.3 Å². The molecule has 0 aliphatic carbocycles. The highest BCUT2D eigenvalue weighted by Gasteiger charge is 2.09. The van der Waals surface area contributed by atoms with Gasteiger partial charge in [-0.05, 0) is 12.1 Å². The lowest BCUT2D eigenvalue weighted by Gasteiger charge is -2.11. The number of urea groups is 1. The van der Waals surface area contributed by atoms with Gasteiger partial charge in [0.25, 0.3) is 0 Å². The van der Waals surface area contributed by atoms with E-state index in [2.05, 4.69) is 20.6 Å². The molecule has 1 aromatic heterocycles. The minimum Gasteiger partial charge on any atom is -0.489 e. The lowest BCUT2D eigenvalue weighted by atomic mass is 10.3. The van der Waals surface area contributed by atoms with E-state index in [1.165, 1.54) is 18.3 Å². The Morgan fingerprint density at radius 3 is 2.62 bits per heavy atom. The number of carbonyl (C=O) groups is 1. The fourth-order valence-corrected chi connectivity index (χ4v) is 2.40. The molecular formula is C12H11Cl3N4O2. The molecule has 0 bridgehead atoms. The summed E-state index contributed by atoms with van der Waals surface area (Å²) in [5.41, 5.74) is 0. The third-order valence-corrected chi connectivity index (χ3v) is 3.11. The Balaban J connectivity index is 1.76. The van der Waals surface area contributed by atoms with Crippen molar-refractivity contribution >= 4 is 46.8 Å². The van der Waals surface area contributed by atoms with Crippen LogP contribution in [0, 0.1) is 0 Å². The van der Waals surface area contributed by atoms with Gasteiger partial charge in [-0.1, -0.05) is 34.8 Å². The highest BCUT2D eigenvalue weighted by atomic mass is 35.5. The molecule has 9 heteroatoms. The largest absolute Gasteiger partial charge is 0.489 e. The number of aromatic nitrogens is 2. The lowest BCUT2D eigenvalue weighted by Crippen LogP contribution is -2.32. The maximum absolute atomic E-state index is 11.5. The van der Waals surface area contributed by atoms with Crippen LogP contribution >= 0.6 is 34.8 Å². The number of H-pyrrole nitrogens is 1. The Bertz CT molecular complexity index is 596. The SMILES string of the molecule is O=C(NCCOc1c(Cl)cc(Cl)cc1Cl)Nc1ncc[nH]1. The normalized spacial score (nSPS) is 10.2. The van der Waals surface area contributed by atoms with E-state index >= 15 is 0 Å². The van der Waals surface area contributed by atoms with Crippen LogP contribution in [0.2, 0.25) is 15.1 Å². The highest BCUT2D eigenvalue weighted by Crippen LogP contribution is 2.35. The summed E-state index contributed by atoms with van der Waals surface area (Å²) in [5, 5.41) is 6.15. The van der Waals surface area contributed by atoms with Crippen LogP contribution in [0.4, 0.5) is 10.7 Å². The summed E-state index contributed by atoms with van der Waals surface area (Å²) in [6.07, 6.45) is 3.13. The summed E-state index contributed by atoms with van der Waals surface area (Å²) < 4.78 is 5.42. The molecule has 2 aromatic rings. The summed E-state index contributed by atoms with van der Waals surface area (Å²) in [6, 6.07) is 2.66. The summed E-state index contributed by atoms with van der Waals surface area (Å²) in [7, 11) is 0. The molecule has 112 valence electrons. The maximum Gasteiger partial charge on any atom is 0.321 e. The van der Waals surface area contributed by atoms with E-state index in [1.54, 1.807) is 6.20 Å².